The molecule has 1 aromatic carbocycles. The quantitative estimate of drug-likeness (QED) is 0.875. The second-order valence-electron chi connectivity index (χ2n) is 4.12. The average Bonchev–Trinajstić information content (AvgIpc) is 2.49. The van der Waals surface area contributed by atoms with Crippen LogP contribution < -0.4 is 14.8 Å². The molecule has 0 bridgehead atoms. The van der Waals surface area contributed by atoms with Gasteiger partial charge in [0.25, 0.3) is 0 Å². The van der Waals surface area contributed by atoms with Crippen LogP contribution in [0.25, 0.3) is 0 Å². The van der Waals surface area contributed by atoms with Gasteiger partial charge in [0.15, 0.2) is 0 Å². The number of aryl methyl sites for hydroxylation is 1. The summed E-state index contributed by atoms with van der Waals surface area (Å²) in [5, 5.41) is 3.00. The van der Waals surface area contributed by atoms with E-state index in [2.05, 4.69) is 15.3 Å². The number of nitrogens with one attached hydrogen (secondary N) is 1. The van der Waals surface area contributed by atoms with Crippen molar-refractivity contribution in [1.82, 2.24) is 9.97 Å². The number of hydrogen-bond acceptors (Lipinski definition) is 5. The van der Waals surface area contributed by atoms with Gasteiger partial charge in [-0.3, -0.25) is 0 Å². The summed E-state index contributed by atoms with van der Waals surface area (Å²) in [6.45, 7) is 4.61. The highest BCUT2D eigenvalue weighted by molar-refractivity contribution is 5.40. The molecule has 2 aromatic rings. The van der Waals surface area contributed by atoms with Crippen LogP contribution in [0.2, 0.25) is 0 Å². The van der Waals surface area contributed by atoms with E-state index < -0.39 is 0 Å². The van der Waals surface area contributed by atoms with Crippen molar-refractivity contribution in [2.24, 2.45) is 0 Å². The first kappa shape index (κ1) is 14.1. The Labute approximate surface area is 119 Å². The number of anilines is 1. The van der Waals surface area contributed by atoms with Crippen LogP contribution in [0.4, 0.5) is 5.82 Å². The summed E-state index contributed by atoms with van der Waals surface area (Å²) in [6.07, 6.45) is 0.759. The van der Waals surface area contributed by atoms with E-state index in [0.717, 1.165) is 29.6 Å². The SMILES string of the molecule is CCOc1ccc(Oc2cc(NC)nc(CC)n2)cc1. The fraction of sp³-hybridized carbons (Fsp3) is 0.333. The van der Waals surface area contributed by atoms with Gasteiger partial charge in [-0.15, -0.1) is 0 Å². The van der Waals surface area contributed by atoms with Gasteiger partial charge in [0.1, 0.15) is 23.1 Å². The van der Waals surface area contributed by atoms with Gasteiger partial charge in [0.2, 0.25) is 5.88 Å². The third-order valence-corrected chi connectivity index (χ3v) is 2.68. The average molecular weight is 273 g/mol. The van der Waals surface area contributed by atoms with Gasteiger partial charge in [0.05, 0.1) is 6.61 Å². The number of aromatic nitrogens is 2. The molecule has 1 heterocycles. The normalized spacial score (nSPS) is 10.2. The Bertz CT molecular complexity index is 533. The first-order valence-electron chi connectivity index (χ1n) is 6.71. The van der Waals surface area contributed by atoms with Crippen molar-refractivity contribution in [3.8, 4) is 17.4 Å². The van der Waals surface area contributed by atoms with E-state index in [0.29, 0.717) is 12.5 Å². The molecule has 0 aliphatic carbocycles. The Morgan fingerprint density at radius 3 is 2.35 bits per heavy atom. The molecule has 0 atom stereocenters. The highest BCUT2D eigenvalue weighted by atomic mass is 16.5. The molecule has 5 nitrogen and oxygen atoms in total. The number of nitrogens with zero attached hydrogens (tertiary/aromatic N) is 2. The predicted molar refractivity (Wildman–Crippen MR) is 78.6 cm³/mol. The van der Waals surface area contributed by atoms with Crippen molar-refractivity contribution in [3.05, 3.63) is 36.2 Å². The Hall–Kier alpha value is -2.30. The van der Waals surface area contributed by atoms with E-state index in [1.54, 1.807) is 6.07 Å². The zero-order valence-corrected chi connectivity index (χ0v) is 12.0. The molecular formula is C15H19N3O2. The van der Waals surface area contributed by atoms with Gasteiger partial charge >= 0.3 is 0 Å². The number of rotatable bonds is 6. The monoisotopic (exact) mass is 273 g/mol. The molecular weight excluding hydrogens is 254 g/mol. The summed E-state index contributed by atoms with van der Waals surface area (Å²) in [5.41, 5.74) is 0. The summed E-state index contributed by atoms with van der Waals surface area (Å²) >= 11 is 0. The lowest BCUT2D eigenvalue weighted by Gasteiger charge is -2.09. The molecule has 20 heavy (non-hydrogen) atoms. The maximum Gasteiger partial charge on any atom is 0.224 e. The highest BCUT2D eigenvalue weighted by Gasteiger charge is 2.05. The molecule has 0 fully saturated rings. The van der Waals surface area contributed by atoms with Crippen molar-refractivity contribution in [2.45, 2.75) is 20.3 Å². The summed E-state index contributed by atoms with van der Waals surface area (Å²) in [5.74, 6) is 3.57. The van der Waals surface area contributed by atoms with Crippen LogP contribution in [0, 0.1) is 0 Å². The first-order valence-corrected chi connectivity index (χ1v) is 6.71. The fourth-order valence-electron chi connectivity index (χ4n) is 1.70. The Morgan fingerprint density at radius 2 is 1.75 bits per heavy atom. The van der Waals surface area contributed by atoms with E-state index >= 15 is 0 Å². The van der Waals surface area contributed by atoms with Gasteiger partial charge in [-0.25, -0.2) is 4.98 Å². The van der Waals surface area contributed by atoms with E-state index in [1.165, 1.54) is 0 Å². The predicted octanol–water partition coefficient (Wildman–Crippen LogP) is 3.27. The van der Waals surface area contributed by atoms with Crippen LogP contribution in [0.1, 0.15) is 19.7 Å². The molecule has 0 aliphatic heterocycles. The molecule has 0 aliphatic rings. The zero-order chi connectivity index (χ0) is 14.4. The zero-order valence-electron chi connectivity index (χ0n) is 12.0. The summed E-state index contributed by atoms with van der Waals surface area (Å²) in [4.78, 5) is 8.68. The molecule has 1 aromatic heterocycles. The highest BCUT2D eigenvalue weighted by Crippen LogP contribution is 2.24. The molecule has 0 saturated heterocycles. The van der Waals surface area contributed by atoms with Crippen LogP contribution >= 0.6 is 0 Å². The topological polar surface area (TPSA) is 56.3 Å². The Balaban J connectivity index is 2.16. The second kappa shape index (κ2) is 6.75. The van der Waals surface area contributed by atoms with Gasteiger partial charge in [-0.2, -0.15) is 4.98 Å². The summed E-state index contributed by atoms with van der Waals surface area (Å²) in [6, 6.07) is 9.24. The van der Waals surface area contributed by atoms with Crippen molar-refractivity contribution >= 4 is 5.82 Å². The minimum absolute atomic E-state index is 0.533. The molecule has 5 heteroatoms. The van der Waals surface area contributed by atoms with E-state index in [1.807, 2.05) is 45.2 Å². The van der Waals surface area contributed by atoms with E-state index in [-0.39, 0.29) is 0 Å². The van der Waals surface area contributed by atoms with Gasteiger partial charge < -0.3 is 14.8 Å². The fourth-order valence-corrected chi connectivity index (χ4v) is 1.70. The molecule has 0 saturated carbocycles. The maximum absolute atomic E-state index is 5.75. The molecule has 0 radical (unpaired) electrons. The molecule has 106 valence electrons. The van der Waals surface area contributed by atoms with Crippen molar-refractivity contribution in [3.63, 3.8) is 0 Å². The van der Waals surface area contributed by atoms with Crippen LogP contribution in [0.3, 0.4) is 0 Å². The second-order valence-corrected chi connectivity index (χ2v) is 4.12. The van der Waals surface area contributed by atoms with Crippen LogP contribution in [-0.4, -0.2) is 23.6 Å². The first-order chi connectivity index (χ1) is 9.75. The van der Waals surface area contributed by atoms with Gasteiger partial charge in [-0.1, -0.05) is 6.92 Å². The molecule has 1 N–H and O–H groups in total. The minimum Gasteiger partial charge on any atom is -0.494 e. The summed E-state index contributed by atoms with van der Waals surface area (Å²) in [7, 11) is 1.82. The lowest BCUT2D eigenvalue weighted by Crippen LogP contribution is -2.01. The molecule has 0 spiro atoms. The number of ether oxygens (including phenoxy) is 2. The van der Waals surface area contributed by atoms with Crippen molar-refractivity contribution < 1.29 is 9.47 Å². The summed E-state index contributed by atoms with van der Waals surface area (Å²) < 4.78 is 11.1. The third-order valence-electron chi connectivity index (χ3n) is 2.68. The van der Waals surface area contributed by atoms with Crippen molar-refractivity contribution in [1.29, 1.82) is 0 Å². The Morgan fingerprint density at radius 1 is 1.05 bits per heavy atom. The van der Waals surface area contributed by atoms with Crippen LogP contribution in [0.15, 0.2) is 30.3 Å². The van der Waals surface area contributed by atoms with Gasteiger partial charge in [-0.05, 0) is 31.2 Å². The number of benzene rings is 1. The lowest BCUT2D eigenvalue weighted by molar-refractivity contribution is 0.339. The van der Waals surface area contributed by atoms with Crippen molar-refractivity contribution in [2.75, 3.05) is 19.0 Å². The van der Waals surface area contributed by atoms with Crippen LogP contribution in [-0.2, 0) is 6.42 Å². The van der Waals surface area contributed by atoms with Gasteiger partial charge in [0, 0.05) is 19.5 Å². The van der Waals surface area contributed by atoms with Crippen LogP contribution in [0.5, 0.6) is 17.4 Å². The smallest absolute Gasteiger partial charge is 0.224 e. The Kier molecular flexibility index (Phi) is 4.76. The molecule has 0 amide bonds. The lowest BCUT2D eigenvalue weighted by atomic mass is 10.3. The molecule has 2 rings (SSSR count). The van der Waals surface area contributed by atoms with E-state index in [4.69, 9.17) is 9.47 Å². The largest absolute Gasteiger partial charge is 0.494 e. The maximum atomic E-state index is 5.75. The third kappa shape index (κ3) is 3.60. The molecule has 0 unspecified atom stereocenters. The van der Waals surface area contributed by atoms with E-state index in [9.17, 15) is 0 Å². The minimum atomic E-state index is 0.533. The standard InChI is InChI=1S/C15H19N3O2/c1-4-13-17-14(16-3)10-15(18-13)20-12-8-6-11(7-9-12)19-5-2/h6-10H,4-5H2,1-3H3,(H,16,17,18). The number of hydrogen-bond donors (Lipinski definition) is 1.